The third-order valence-corrected chi connectivity index (χ3v) is 6.19. The van der Waals surface area contributed by atoms with Gasteiger partial charge in [-0.05, 0) is 44.7 Å². The molecule has 0 radical (unpaired) electrons. The standard InChI is InChI=1S/C22H30N2O3/c1-18-20(27-15-14-26-18)21(25)24-13-10-22(17-24)9-5-11-23(16-22)12-8-19-6-3-2-4-7-19/h2-4,6-7H,5,8-17H2,1H3/t22-/m1/s1. The molecule has 0 aromatic heterocycles. The molecule has 5 nitrogen and oxygen atoms in total. The summed E-state index contributed by atoms with van der Waals surface area (Å²) >= 11 is 0. The number of ether oxygens (including phenoxy) is 2. The van der Waals surface area contributed by atoms with Gasteiger partial charge in [-0.2, -0.15) is 0 Å². The summed E-state index contributed by atoms with van der Waals surface area (Å²) in [5.41, 5.74) is 1.64. The number of piperidine rings is 1. The van der Waals surface area contributed by atoms with E-state index in [4.69, 9.17) is 9.47 Å². The van der Waals surface area contributed by atoms with Crippen LogP contribution < -0.4 is 0 Å². The van der Waals surface area contributed by atoms with E-state index in [1.54, 1.807) is 0 Å². The van der Waals surface area contributed by atoms with Crippen LogP contribution in [0, 0.1) is 5.41 Å². The molecule has 1 aromatic carbocycles. The molecule has 1 amide bonds. The van der Waals surface area contributed by atoms with Crippen molar-refractivity contribution in [3.05, 3.63) is 47.4 Å². The maximum Gasteiger partial charge on any atom is 0.292 e. The predicted octanol–water partition coefficient (Wildman–Crippen LogP) is 2.82. The fourth-order valence-corrected chi connectivity index (χ4v) is 4.74. The van der Waals surface area contributed by atoms with E-state index in [0.29, 0.717) is 24.7 Å². The Morgan fingerprint density at radius 1 is 1.07 bits per heavy atom. The van der Waals surface area contributed by atoms with Gasteiger partial charge >= 0.3 is 0 Å². The lowest BCUT2D eigenvalue weighted by Crippen LogP contribution is -2.46. The molecule has 1 aromatic rings. The van der Waals surface area contributed by atoms with E-state index >= 15 is 0 Å². The Morgan fingerprint density at radius 3 is 2.70 bits per heavy atom. The second-order valence-corrected chi connectivity index (χ2v) is 8.17. The van der Waals surface area contributed by atoms with Crippen molar-refractivity contribution in [2.24, 2.45) is 5.41 Å². The third kappa shape index (κ3) is 4.13. The maximum absolute atomic E-state index is 12.9. The van der Waals surface area contributed by atoms with Crippen LogP contribution in [0.2, 0.25) is 0 Å². The molecule has 4 rings (SSSR count). The van der Waals surface area contributed by atoms with Crippen LogP contribution in [-0.4, -0.2) is 61.6 Å². The van der Waals surface area contributed by atoms with Crippen LogP contribution in [0.5, 0.6) is 0 Å². The minimum atomic E-state index is 0.00508. The number of benzene rings is 1. The molecule has 0 bridgehead atoms. The van der Waals surface area contributed by atoms with E-state index in [0.717, 1.165) is 39.0 Å². The average Bonchev–Trinajstić information content (AvgIpc) is 3.10. The summed E-state index contributed by atoms with van der Waals surface area (Å²) in [6.45, 7) is 7.85. The minimum Gasteiger partial charge on any atom is -0.491 e. The number of amides is 1. The highest BCUT2D eigenvalue weighted by molar-refractivity contribution is 5.92. The Morgan fingerprint density at radius 2 is 1.89 bits per heavy atom. The van der Waals surface area contributed by atoms with Crippen LogP contribution in [0.15, 0.2) is 41.9 Å². The smallest absolute Gasteiger partial charge is 0.292 e. The zero-order chi connectivity index (χ0) is 18.7. The van der Waals surface area contributed by atoms with E-state index < -0.39 is 0 Å². The molecule has 3 heterocycles. The van der Waals surface area contributed by atoms with Gasteiger partial charge in [0.1, 0.15) is 19.0 Å². The number of hydrogen-bond acceptors (Lipinski definition) is 4. The number of hydrogen-bond donors (Lipinski definition) is 0. The number of carbonyl (C=O) groups is 1. The van der Waals surface area contributed by atoms with Crippen LogP contribution in [0.4, 0.5) is 0 Å². The molecule has 0 aliphatic carbocycles. The van der Waals surface area contributed by atoms with E-state index in [2.05, 4.69) is 35.2 Å². The summed E-state index contributed by atoms with van der Waals surface area (Å²) in [4.78, 5) is 17.5. The molecule has 1 atom stereocenters. The molecule has 5 heteroatoms. The van der Waals surface area contributed by atoms with Gasteiger partial charge in [-0.25, -0.2) is 0 Å². The van der Waals surface area contributed by atoms with Crippen LogP contribution in [0.25, 0.3) is 0 Å². The fraction of sp³-hybridized carbons (Fsp3) is 0.591. The van der Waals surface area contributed by atoms with Gasteiger partial charge < -0.3 is 19.3 Å². The normalized spacial score (nSPS) is 26.2. The van der Waals surface area contributed by atoms with Crippen molar-refractivity contribution in [3.63, 3.8) is 0 Å². The highest BCUT2D eigenvalue weighted by atomic mass is 16.6. The molecule has 27 heavy (non-hydrogen) atoms. The molecule has 0 N–H and O–H groups in total. The monoisotopic (exact) mass is 370 g/mol. The van der Waals surface area contributed by atoms with Gasteiger partial charge in [0.2, 0.25) is 5.76 Å². The van der Waals surface area contributed by atoms with Crippen molar-refractivity contribution in [1.82, 2.24) is 9.80 Å². The number of nitrogens with zero attached hydrogens (tertiary/aromatic N) is 2. The molecule has 0 saturated carbocycles. The van der Waals surface area contributed by atoms with Crippen LogP contribution in [0.3, 0.4) is 0 Å². The van der Waals surface area contributed by atoms with Crippen molar-refractivity contribution in [2.75, 3.05) is 45.9 Å². The number of allylic oxidation sites excluding steroid dienone is 1. The third-order valence-electron chi connectivity index (χ3n) is 6.19. The topological polar surface area (TPSA) is 42.0 Å². The molecule has 146 valence electrons. The Balaban J connectivity index is 1.35. The van der Waals surface area contributed by atoms with Gasteiger partial charge in [-0.1, -0.05) is 30.3 Å². The van der Waals surface area contributed by atoms with Gasteiger partial charge in [-0.15, -0.1) is 0 Å². The first-order valence-electron chi connectivity index (χ1n) is 10.2. The number of likely N-dealkylation sites (tertiary alicyclic amines) is 2. The second-order valence-electron chi connectivity index (χ2n) is 8.17. The Labute approximate surface area is 161 Å². The first-order chi connectivity index (χ1) is 13.2. The van der Waals surface area contributed by atoms with Crippen LogP contribution >= 0.6 is 0 Å². The van der Waals surface area contributed by atoms with E-state index in [9.17, 15) is 4.79 Å². The summed E-state index contributed by atoms with van der Waals surface area (Å²) in [6.07, 6.45) is 4.62. The Hall–Kier alpha value is -2.01. The van der Waals surface area contributed by atoms with E-state index in [1.807, 2.05) is 11.8 Å². The molecule has 1 spiro atoms. The highest BCUT2D eigenvalue weighted by Crippen LogP contribution is 2.39. The SMILES string of the molecule is CC1=C(C(=O)N2CC[C@@]3(CCCN(CCc4ccccc4)C3)C2)OCCO1. The largest absolute Gasteiger partial charge is 0.491 e. The highest BCUT2D eigenvalue weighted by Gasteiger charge is 2.43. The van der Waals surface area contributed by atoms with Gasteiger partial charge in [0.25, 0.3) is 5.91 Å². The summed E-state index contributed by atoms with van der Waals surface area (Å²) < 4.78 is 11.1. The zero-order valence-electron chi connectivity index (χ0n) is 16.3. The molecule has 2 fully saturated rings. The fourth-order valence-electron chi connectivity index (χ4n) is 4.74. The number of rotatable bonds is 4. The lowest BCUT2D eigenvalue weighted by atomic mass is 9.79. The first kappa shape index (κ1) is 18.4. The summed E-state index contributed by atoms with van der Waals surface area (Å²) in [5.74, 6) is 1.04. The Bertz CT molecular complexity index is 703. The van der Waals surface area contributed by atoms with Crippen molar-refractivity contribution in [3.8, 4) is 0 Å². The Kier molecular flexibility index (Phi) is 5.39. The van der Waals surface area contributed by atoms with Crippen molar-refractivity contribution in [2.45, 2.75) is 32.6 Å². The average molecular weight is 370 g/mol. The van der Waals surface area contributed by atoms with Gasteiger partial charge in [0.15, 0.2) is 0 Å². The van der Waals surface area contributed by atoms with Crippen LogP contribution in [-0.2, 0) is 20.7 Å². The second kappa shape index (κ2) is 7.93. The molecule has 3 aliphatic heterocycles. The summed E-state index contributed by atoms with van der Waals surface area (Å²) in [7, 11) is 0. The lowest BCUT2D eigenvalue weighted by Gasteiger charge is -2.40. The molecular weight excluding hydrogens is 340 g/mol. The van der Waals surface area contributed by atoms with Gasteiger partial charge in [-0.3, -0.25) is 4.79 Å². The molecule has 0 unspecified atom stereocenters. The lowest BCUT2D eigenvalue weighted by molar-refractivity contribution is -0.132. The van der Waals surface area contributed by atoms with Crippen LogP contribution in [0.1, 0.15) is 31.7 Å². The van der Waals surface area contributed by atoms with Crippen molar-refractivity contribution in [1.29, 1.82) is 0 Å². The quantitative estimate of drug-likeness (QED) is 0.817. The van der Waals surface area contributed by atoms with E-state index in [-0.39, 0.29) is 11.3 Å². The first-order valence-corrected chi connectivity index (χ1v) is 10.2. The van der Waals surface area contributed by atoms with E-state index in [1.165, 1.54) is 24.9 Å². The maximum atomic E-state index is 12.9. The minimum absolute atomic E-state index is 0.00508. The van der Waals surface area contributed by atoms with Crippen molar-refractivity contribution >= 4 is 5.91 Å². The number of carbonyl (C=O) groups excluding carboxylic acids is 1. The summed E-state index contributed by atoms with van der Waals surface area (Å²) in [5, 5.41) is 0. The molecule has 2 saturated heterocycles. The van der Waals surface area contributed by atoms with Crippen molar-refractivity contribution < 1.29 is 14.3 Å². The molecular formula is C22H30N2O3. The predicted molar refractivity (Wildman–Crippen MR) is 104 cm³/mol. The summed E-state index contributed by atoms with van der Waals surface area (Å²) in [6, 6.07) is 10.7. The zero-order valence-corrected chi connectivity index (χ0v) is 16.3. The van der Waals surface area contributed by atoms with Gasteiger partial charge in [0, 0.05) is 31.6 Å². The van der Waals surface area contributed by atoms with Gasteiger partial charge in [0.05, 0.1) is 0 Å². The molecule has 3 aliphatic rings.